The van der Waals surface area contributed by atoms with Crippen LogP contribution < -0.4 is 5.32 Å². The molecule has 0 aromatic heterocycles. The summed E-state index contributed by atoms with van der Waals surface area (Å²) in [4.78, 5) is 0. The Morgan fingerprint density at radius 1 is 0.765 bits per heavy atom. The van der Waals surface area contributed by atoms with Crippen LogP contribution in [-0.2, 0) is 0 Å². The molecule has 0 aliphatic heterocycles. The minimum Gasteiger partial charge on any atom is -0.354 e. The molecule has 0 aliphatic carbocycles. The van der Waals surface area contributed by atoms with Gasteiger partial charge in [-0.15, -0.1) is 0 Å². The summed E-state index contributed by atoms with van der Waals surface area (Å²) in [6.07, 6.45) is 0. The van der Waals surface area contributed by atoms with Gasteiger partial charge in [0.25, 0.3) is 0 Å². The van der Waals surface area contributed by atoms with Gasteiger partial charge < -0.3 is 5.32 Å². The lowest BCUT2D eigenvalue weighted by molar-refractivity contribution is 1.55. The summed E-state index contributed by atoms with van der Waals surface area (Å²) in [6.45, 7) is 0. The van der Waals surface area contributed by atoms with E-state index in [1.807, 2.05) is 12.1 Å². The molecule has 0 heterocycles. The number of anilines is 2. The third-order valence-electron chi connectivity index (χ3n) is 2.11. The van der Waals surface area contributed by atoms with Crippen molar-refractivity contribution in [3.05, 3.63) is 56.5 Å². The van der Waals surface area contributed by atoms with E-state index in [4.69, 9.17) is 46.4 Å². The molecule has 0 fully saturated rings. The van der Waals surface area contributed by atoms with Crippen LogP contribution in [0.15, 0.2) is 36.4 Å². The third-order valence-corrected chi connectivity index (χ3v) is 3.38. The highest BCUT2D eigenvalue weighted by Crippen LogP contribution is 2.34. The SMILES string of the molecule is Clc1cccc(Nc2cc(Cl)c(Cl)cc2Cl)c1. The van der Waals surface area contributed by atoms with E-state index >= 15 is 0 Å². The van der Waals surface area contributed by atoms with E-state index in [2.05, 4.69) is 5.32 Å². The van der Waals surface area contributed by atoms with E-state index in [-0.39, 0.29) is 0 Å². The first-order valence-electron chi connectivity index (χ1n) is 4.73. The van der Waals surface area contributed by atoms with Crippen molar-refractivity contribution in [2.75, 3.05) is 5.32 Å². The first-order valence-corrected chi connectivity index (χ1v) is 6.24. The number of rotatable bonds is 2. The van der Waals surface area contributed by atoms with E-state index in [9.17, 15) is 0 Å². The van der Waals surface area contributed by atoms with Gasteiger partial charge >= 0.3 is 0 Å². The summed E-state index contributed by atoms with van der Waals surface area (Å²) in [5.41, 5.74) is 1.51. The molecule has 0 spiro atoms. The Morgan fingerprint density at radius 3 is 2.18 bits per heavy atom. The number of halogens is 4. The first-order chi connectivity index (χ1) is 8.06. The van der Waals surface area contributed by atoms with E-state index in [1.165, 1.54) is 0 Å². The van der Waals surface area contributed by atoms with Crippen LogP contribution in [0, 0.1) is 0 Å². The highest BCUT2D eigenvalue weighted by atomic mass is 35.5. The molecule has 2 aromatic rings. The Morgan fingerprint density at radius 2 is 1.47 bits per heavy atom. The number of hydrogen-bond acceptors (Lipinski definition) is 1. The van der Waals surface area contributed by atoms with Crippen molar-refractivity contribution in [2.24, 2.45) is 0 Å². The zero-order valence-electron chi connectivity index (χ0n) is 8.48. The second kappa shape index (κ2) is 5.36. The van der Waals surface area contributed by atoms with Crippen molar-refractivity contribution in [1.29, 1.82) is 0 Å². The second-order valence-electron chi connectivity index (χ2n) is 3.38. The molecule has 2 rings (SSSR count). The molecule has 0 saturated heterocycles. The van der Waals surface area contributed by atoms with Crippen LogP contribution in [0.3, 0.4) is 0 Å². The van der Waals surface area contributed by atoms with Crippen molar-refractivity contribution >= 4 is 57.8 Å². The topological polar surface area (TPSA) is 12.0 Å². The zero-order chi connectivity index (χ0) is 12.4. The average molecular weight is 307 g/mol. The molecule has 1 N–H and O–H groups in total. The summed E-state index contributed by atoms with van der Waals surface area (Å²) in [5, 5.41) is 5.13. The predicted octanol–water partition coefficient (Wildman–Crippen LogP) is 6.04. The minimum atomic E-state index is 0.424. The maximum absolute atomic E-state index is 6.05. The Labute approximate surface area is 119 Å². The molecule has 0 bridgehead atoms. The van der Waals surface area contributed by atoms with Gasteiger partial charge in [-0.3, -0.25) is 0 Å². The molecule has 0 atom stereocenters. The van der Waals surface area contributed by atoms with Gasteiger partial charge in [-0.05, 0) is 30.3 Å². The van der Waals surface area contributed by atoms with Crippen LogP contribution in [-0.4, -0.2) is 0 Å². The predicted molar refractivity (Wildman–Crippen MR) is 76.2 cm³/mol. The molecule has 1 nitrogen and oxygen atoms in total. The van der Waals surface area contributed by atoms with Crippen molar-refractivity contribution in [1.82, 2.24) is 0 Å². The molecule has 5 heteroatoms. The number of nitrogens with one attached hydrogen (secondary N) is 1. The van der Waals surface area contributed by atoms with E-state index < -0.39 is 0 Å². The lowest BCUT2D eigenvalue weighted by Gasteiger charge is -2.10. The Bertz CT molecular complexity index is 554. The van der Waals surface area contributed by atoms with Crippen LogP contribution in [0.25, 0.3) is 0 Å². The van der Waals surface area contributed by atoms with Gasteiger partial charge in [0.1, 0.15) is 0 Å². The average Bonchev–Trinajstić information content (AvgIpc) is 2.26. The summed E-state index contributed by atoms with van der Waals surface area (Å²) >= 11 is 23.7. The molecule has 88 valence electrons. The number of benzene rings is 2. The first kappa shape index (κ1) is 12.8. The van der Waals surface area contributed by atoms with Gasteiger partial charge in [-0.25, -0.2) is 0 Å². The molecular formula is C12H7Cl4N. The second-order valence-corrected chi connectivity index (χ2v) is 5.04. The van der Waals surface area contributed by atoms with Gasteiger partial charge in [0.2, 0.25) is 0 Å². The highest BCUT2D eigenvalue weighted by molar-refractivity contribution is 6.44. The van der Waals surface area contributed by atoms with Gasteiger partial charge in [0.05, 0.1) is 20.8 Å². The van der Waals surface area contributed by atoms with Crippen molar-refractivity contribution in [2.45, 2.75) is 0 Å². The van der Waals surface area contributed by atoms with Gasteiger partial charge in [0, 0.05) is 10.7 Å². The monoisotopic (exact) mass is 305 g/mol. The molecule has 0 aliphatic rings. The molecule has 0 radical (unpaired) electrons. The summed E-state index contributed by atoms with van der Waals surface area (Å²) in [7, 11) is 0. The van der Waals surface area contributed by atoms with E-state index in [1.54, 1.807) is 24.3 Å². The van der Waals surface area contributed by atoms with Crippen LogP contribution in [0.2, 0.25) is 20.1 Å². The largest absolute Gasteiger partial charge is 0.354 e. The quantitative estimate of drug-likeness (QED) is 0.666. The normalized spacial score (nSPS) is 10.4. The third kappa shape index (κ3) is 3.20. The van der Waals surface area contributed by atoms with Crippen molar-refractivity contribution in [3.63, 3.8) is 0 Å². The molecule has 2 aromatic carbocycles. The Hall–Kier alpha value is -0.600. The molecule has 0 unspecified atom stereocenters. The van der Waals surface area contributed by atoms with Crippen molar-refractivity contribution < 1.29 is 0 Å². The van der Waals surface area contributed by atoms with E-state index in [0.29, 0.717) is 25.8 Å². The van der Waals surface area contributed by atoms with Crippen LogP contribution in [0.5, 0.6) is 0 Å². The maximum atomic E-state index is 6.05. The number of hydrogen-bond donors (Lipinski definition) is 1. The van der Waals surface area contributed by atoms with E-state index in [0.717, 1.165) is 5.69 Å². The summed E-state index contributed by atoms with van der Waals surface area (Å²) in [6, 6.07) is 10.6. The van der Waals surface area contributed by atoms with Crippen LogP contribution in [0.4, 0.5) is 11.4 Å². The summed E-state index contributed by atoms with van der Waals surface area (Å²) < 4.78 is 0. The van der Waals surface area contributed by atoms with Crippen LogP contribution in [0.1, 0.15) is 0 Å². The molecule has 0 saturated carbocycles. The fourth-order valence-corrected chi connectivity index (χ4v) is 2.12. The lowest BCUT2D eigenvalue weighted by Crippen LogP contribution is -1.91. The maximum Gasteiger partial charge on any atom is 0.0656 e. The fourth-order valence-electron chi connectivity index (χ4n) is 1.34. The Balaban J connectivity index is 2.33. The summed E-state index contributed by atoms with van der Waals surface area (Å²) in [5.74, 6) is 0. The van der Waals surface area contributed by atoms with Crippen molar-refractivity contribution in [3.8, 4) is 0 Å². The molecular weight excluding hydrogens is 300 g/mol. The minimum absolute atomic E-state index is 0.424. The van der Waals surface area contributed by atoms with Gasteiger partial charge in [0.15, 0.2) is 0 Å². The smallest absolute Gasteiger partial charge is 0.0656 e. The van der Waals surface area contributed by atoms with Gasteiger partial charge in [-0.2, -0.15) is 0 Å². The zero-order valence-corrected chi connectivity index (χ0v) is 11.5. The lowest BCUT2D eigenvalue weighted by atomic mass is 10.2. The van der Waals surface area contributed by atoms with Gasteiger partial charge in [-0.1, -0.05) is 52.5 Å². The molecule has 17 heavy (non-hydrogen) atoms. The Kier molecular flexibility index (Phi) is 4.05. The fraction of sp³-hybridized carbons (Fsp3) is 0. The standard InChI is InChI=1S/C12H7Cl4N/c13-7-2-1-3-8(4-7)17-12-6-10(15)9(14)5-11(12)16/h1-6,17H. The highest BCUT2D eigenvalue weighted by Gasteiger charge is 2.06. The van der Waals surface area contributed by atoms with Crippen LogP contribution >= 0.6 is 46.4 Å². The molecule has 0 amide bonds.